The van der Waals surface area contributed by atoms with Gasteiger partial charge in [-0.05, 0) is 66.6 Å². The Hall–Kier alpha value is -3.18. The van der Waals surface area contributed by atoms with E-state index < -0.39 is 0 Å². The lowest BCUT2D eigenvalue weighted by atomic mass is 10.1. The molecule has 0 radical (unpaired) electrons. The number of ether oxygens (including phenoxy) is 1. The average Bonchev–Trinajstić information content (AvgIpc) is 2.73. The van der Waals surface area contributed by atoms with E-state index in [2.05, 4.69) is 15.9 Å². The largest absolute Gasteiger partial charge is 0.497 e. The maximum absolute atomic E-state index is 13.4. The van der Waals surface area contributed by atoms with E-state index in [1.165, 1.54) is 0 Å². The normalized spacial score (nSPS) is 11.3. The van der Waals surface area contributed by atoms with E-state index in [0.29, 0.717) is 16.7 Å². The van der Waals surface area contributed by atoms with Crippen LogP contribution in [0.3, 0.4) is 0 Å². The Morgan fingerprint density at radius 3 is 2.52 bits per heavy atom. The molecule has 144 valence electrons. The molecule has 0 bridgehead atoms. The van der Waals surface area contributed by atoms with Crippen LogP contribution in [0.5, 0.6) is 5.75 Å². The van der Waals surface area contributed by atoms with Gasteiger partial charge in [0.2, 0.25) is 0 Å². The van der Waals surface area contributed by atoms with Gasteiger partial charge in [-0.25, -0.2) is 4.98 Å². The fraction of sp³-hybridized carbons (Fsp3) is 0.0833. The van der Waals surface area contributed by atoms with Gasteiger partial charge in [-0.15, -0.1) is 0 Å². The standard InChI is InChI=1S/C24H19BrN2O2/c1-16-4-3-5-19(14-16)27-23(13-8-17-6-10-20(29-2)11-7-17)26-22-12-9-18(25)15-21(22)24(27)28/h3-15H,1-2H3. The molecule has 29 heavy (non-hydrogen) atoms. The van der Waals surface area contributed by atoms with Crippen LogP contribution in [0.25, 0.3) is 28.7 Å². The van der Waals surface area contributed by atoms with Gasteiger partial charge < -0.3 is 4.74 Å². The molecule has 0 aliphatic rings. The second-order valence-corrected chi connectivity index (χ2v) is 7.63. The third-order valence-electron chi connectivity index (χ3n) is 4.66. The molecule has 0 saturated heterocycles. The molecular weight excluding hydrogens is 428 g/mol. The first kappa shape index (κ1) is 19.2. The molecule has 5 heteroatoms. The highest BCUT2D eigenvalue weighted by Crippen LogP contribution is 2.20. The minimum atomic E-state index is -0.101. The molecule has 0 unspecified atom stereocenters. The lowest BCUT2D eigenvalue weighted by molar-refractivity contribution is 0.415. The zero-order valence-corrected chi connectivity index (χ0v) is 17.7. The summed E-state index contributed by atoms with van der Waals surface area (Å²) in [4.78, 5) is 18.1. The fourth-order valence-electron chi connectivity index (χ4n) is 3.19. The van der Waals surface area contributed by atoms with Gasteiger partial charge in [-0.3, -0.25) is 9.36 Å². The monoisotopic (exact) mass is 446 g/mol. The molecule has 0 saturated carbocycles. The number of aryl methyl sites for hydroxylation is 1. The summed E-state index contributed by atoms with van der Waals surface area (Å²) in [6.45, 7) is 2.01. The van der Waals surface area contributed by atoms with Gasteiger partial charge in [0.05, 0.1) is 23.7 Å². The topological polar surface area (TPSA) is 44.1 Å². The SMILES string of the molecule is COc1ccc(C=Cc2nc3ccc(Br)cc3c(=O)n2-c2cccc(C)c2)cc1. The van der Waals surface area contributed by atoms with Gasteiger partial charge in [0.1, 0.15) is 11.6 Å². The van der Waals surface area contributed by atoms with E-state index in [-0.39, 0.29) is 5.56 Å². The van der Waals surface area contributed by atoms with Crippen molar-refractivity contribution < 1.29 is 4.74 Å². The molecule has 4 nitrogen and oxygen atoms in total. The van der Waals surface area contributed by atoms with Crippen LogP contribution >= 0.6 is 15.9 Å². The Morgan fingerprint density at radius 2 is 1.79 bits per heavy atom. The second kappa shape index (κ2) is 8.05. The molecule has 0 aliphatic carbocycles. The number of fused-ring (bicyclic) bond motifs is 1. The van der Waals surface area contributed by atoms with Crippen molar-refractivity contribution in [3.8, 4) is 11.4 Å². The number of hydrogen-bond donors (Lipinski definition) is 0. The Kier molecular flexibility index (Phi) is 5.32. The molecule has 0 amide bonds. The van der Waals surface area contributed by atoms with E-state index in [9.17, 15) is 4.79 Å². The quantitative estimate of drug-likeness (QED) is 0.407. The molecule has 1 aromatic heterocycles. The predicted octanol–water partition coefficient (Wildman–Crippen LogP) is 5.64. The Bertz CT molecular complexity index is 1270. The summed E-state index contributed by atoms with van der Waals surface area (Å²) in [7, 11) is 1.64. The Labute approximate surface area is 177 Å². The van der Waals surface area contributed by atoms with Crippen molar-refractivity contribution in [1.82, 2.24) is 9.55 Å². The highest BCUT2D eigenvalue weighted by Gasteiger charge is 2.12. The molecule has 0 fully saturated rings. The van der Waals surface area contributed by atoms with Crippen LogP contribution in [0.2, 0.25) is 0 Å². The summed E-state index contributed by atoms with van der Waals surface area (Å²) >= 11 is 3.45. The van der Waals surface area contributed by atoms with Crippen molar-refractivity contribution in [3.05, 3.63) is 98.5 Å². The molecule has 0 N–H and O–H groups in total. The molecule has 3 aromatic carbocycles. The van der Waals surface area contributed by atoms with Crippen LogP contribution in [0, 0.1) is 6.92 Å². The molecule has 0 aliphatic heterocycles. The van der Waals surface area contributed by atoms with Gasteiger partial charge in [0, 0.05) is 4.47 Å². The van der Waals surface area contributed by atoms with Gasteiger partial charge in [0.15, 0.2) is 0 Å². The van der Waals surface area contributed by atoms with Crippen molar-refractivity contribution in [1.29, 1.82) is 0 Å². The van der Waals surface area contributed by atoms with E-state index in [1.807, 2.05) is 85.8 Å². The zero-order chi connectivity index (χ0) is 20.4. The molecule has 0 spiro atoms. The van der Waals surface area contributed by atoms with Crippen molar-refractivity contribution in [3.63, 3.8) is 0 Å². The third kappa shape index (κ3) is 4.00. The maximum Gasteiger partial charge on any atom is 0.266 e. The Morgan fingerprint density at radius 1 is 1.00 bits per heavy atom. The zero-order valence-electron chi connectivity index (χ0n) is 16.1. The maximum atomic E-state index is 13.4. The van der Waals surface area contributed by atoms with E-state index in [0.717, 1.165) is 27.0 Å². The summed E-state index contributed by atoms with van der Waals surface area (Å²) < 4.78 is 7.71. The predicted molar refractivity (Wildman–Crippen MR) is 122 cm³/mol. The lowest BCUT2D eigenvalue weighted by Crippen LogP contribution is -2.22. The third-order valence-corrected chi connectivity index (χ3v) is 5.15. The number of hydrogen-bond acceptors (Lipinski definition) is 3. The number of benzene rings is 3. The molecule has 0 atom stereocenters. The van der Waals surface area contributed by atoms with Crippen LogP contribution < -0.4 is 10.3 Å². The van der Waals surface area contributed by atoms with Gasteiger partial charge in [-0.2, -0.15) is 0 Å². The van der Waals surface area contributed by atoms with Crippen LogP contribution in [0.4, 0.5) is 0 Å². The molecular formula is C24H19BrN2O2. The van der Waals surface area contributed by atoms with Crippen molar-refractivity contribution in [2.24, 2.45) is 0 Å². The summed E-state index contributed by atoms with van der Waals surface area (Å²) in [6, 6.07) is 21.1. The smallest absolute Gasteiger partial charge is 0.266 e. The number of rotatable bonds is 4. The van der Waals surface area contributed by atoms with Crippen molar-refractivity contribution in [2.45, 2.75) is 6.92 Å². The van der Waals surface area contributed by atoms with Crippen LogP contribution in [-0.2, 0) is 0 Å². The number of methoxy groups -OCH3 is 1. The van der Waals surface area contributed by atoms with Crippen molar-refractivity contribution >= 4 is 39.0 Å². The lowest BCUT2D eigenvalue weighted by Gasteiger charge is -2.12. The van der Waals surface area contributed by atoms with E-state index in [1.54, 1.807) is 11.7 Å². The second-order valence-electron chi connectivity index (χ2n) is 6.72. The molecule has 1 heterocycles. The summed E-state index contributed by atoms with van der Waals surface area (Å²) in [5.41, 5.74) is 3.42. The minimum absolute atomic E-state index is 0.101. The number of nitrogens with zero attached hydrogens (tertiary/aromatic N) is 2. The number of halogens is 1. The van der Waals surface area contributed by atoms with E-state index >= 15 is 0 Å². The van der Waals surface area contributed by atoms with Gasteiger partial charge in [-0.1, -0.05) is 46.3 Å². The first-order valence-corrected chi connectivity index (χ1v) is 9.96. The minimum Gasteiger partial charge on any atom is -0.497 e. The van der Waals surface area contributed by atoms with Crippen LogP contribution in [0.1, 0.15) is 17.0 Å². The highest BCUT2D eigenvalue weighted by atomic mass is 79.9. The van der Waals surface area contributed by atoms with E-state index in [4.69, 9.17) is 9.72 Å². The average molecular weight is 447 g/mol. The highest BCUT2D eigenvalue weighted by molar-refractivity contribution is 9.10. The fourth-order valence-corrected chi connectivity index (χ4v) is 3.55. The number of aromatic nitrogens is 2. The van der Waals surface area contributed by atoms with Crippen molar-refractivity contribution in [2.75, 3.05) is 7.11 Å². The first-order valence-electron chi connectivity index (χ1n) is 9.16. The summed E-state index contributed by atoms with van der Waals surface area (Å²) in [5, 5.41) is 0.572. The molecule has 4 aromatic rings. The van der Waals surface area contributed by atoms with Gasteiger partial charge in [0.25, 0.3) is 5.56 Å². The molecule has 4 rings (SSSR count). The summed E-state index contributed by atoms with van der Waals surface area (Å²) in [6.07, 6.45) is 3.81. The van der Waals surface area contributed by atoms with Gasteiger partial charge >= 0.3 is 0 Å². The van der Waals surface area contributed by atoms with Crippen LogP contribution in [-0.4, -0.2) is 16.7 Å². The van der Waals surface area contributed by atoms with Crippen LogP contribution in [0.15, 0.2) is 76.0 Å². The Balaban J connectivity index is 1.91. The summed E-state index contributed by atoms with van der Waals surface area (Å²) in [5.74, 6) is 1.37. The first-order chi connectivity index (χ1) is 14.0.